The summed E-state index contributed by atoms with van der Waals surface area (Å²) in [6.45, 7) is 2.01. The van der Waals surface area contributed by atoms with Crippen LogP contribution in [0.25, 0.3) is 0 Å². The number of aromatic hydroxyl groups is 1. The van der Waals surface area contributed by atoms with E-state index in [1.54, 1.807) is 6.20 Å². The van der Waals surface area contributed by atoms with Gasteiger partial charge in [0.25, 0.3) is 0 Å². The first-order valence-electron chi connectivity index (χ1n) is 4.63. The fourth-order valence-electron chi connectivity index (χ4n) is 1.59. The molecule has 0 saturated carbocycles. The Labute approximate surface area is 77.2 Å². The predicted molar refractivity (Wildman–Crippen MR) is 49.8 cm³/mol. The van der Waals surface area contributed by atoms with Crippen LogP contribution in [0.4, 0.5) is 5.95 Å². The van der Waals surface area contributed by atoms with Crippen molar-refractivity contribution in [2.45, 2.75) is 19.3 Å². The predicted octanol–water partition coefficient (Wildman–Crippen LogP) is 1.17. The Balaban J connectivity index is 2.14. The monoisotopic (exact) mass is 179 g/mol. The van der Waals surface area contributed by atoms with Crippen molar-refractivity contribution in [3.8, 4) is 5.88 Å². The van der Waals surface area contributed by atoms with Crippen molar-refractivity contribution < 1.29 is 5.11 Å². The molecule has 1 saturated heterocycles. The summed E-state index contributed by atoms with van der Waals surface area (Å²) in [5, 5.41) is 9.17. The highest BCUT2D eigenvalue weighted by atomic mass is 16.3. The number of anilines is 1. The zero-order chi connectivity index (χ0) is 9.10. The van der Waals surface area contributed by atoms with E-state index < -0.39 is 0 Å². The summed E-state index contributed by atoms with van der Waals surface area (Å²) in [5.41, 5.74) is 0. The summed E-state index contributed by atoms with van der Waals surface area (Å²) in [7, 11) is 0. The van der Waals surface area contributed by atoms with E-state index in [4.69, 9.17) is 5.11 Å². The number of aromatic nitrogens is 2. The molecule has 1 N–H and O–H groups in total. The molecule has 0 unspecified atom stereocenters. The minimum absolute atomic E-state index is 0.0515. The van der Waals surface area contributed by atoms with E-state index in [0.717, 1.165) is 13.1 Å². The standard InChI is InChI=1S/C9H13N3O/c13-8-4-5-10-9(11-8)12-6-2-1-3-7-12/h4-5H,1-3,6-7H2,(H,10,11,13). The molecule has 4 heteroatoms. The molecule has 1 fully saturated rings. The Morgan fingerprint density at radius 2 is 2.00 bits per heavy atom. The summed E-state index contributed by atoms with van der Waals surface area (Å²) in [5.74, 6) is 0.704. The van der Waals surface area contributed by atoms with Crippen molar-refractivity contribution >= 4 is 5.95 Å². The van der Waals surface area contributed by atoms with Gasteiger partial charge in [-0.15, -0.1) is 0 Å². The summed E-state index contributed by atoms with van der Waals surface area (Å²) in [6.07, 6.45) is 5.26. The lowest BCUT2D eigenvalue weighted by molar-refractivity contribution is 0.450. The number of nitrogens with zero attached hydrogens (tertiary/aromatic N) is 3. The zero-order valence-electron chi connectivity index (χ0n) is 7.48. The van der Waals surface area contributed by atoms with Gasteiger partial charge in [-0.1, -0.05) is 0 Å². The van der Waals surface area contributed by atoms with Crippen molar-refractivity contribution in [3.05, 3.63) is 12.3 Å². The van der Waals surface area contributed by atoms with Gasteiger partial charge in [-0.2, -0.15) is 4.98 Å². The third-order valence-electron chi connectivity index (χ3n) is 2.27. The van der Waals surface area contributed by atoms with Crippen LogP contribution < -0.4 is 4.90 Å². The Hall–Kier alpha value is -1.32. The van der Waals surface area contributed by atoms with Gasteiger partial charge in [0, 0.05) is 25.4 Å². The molecule has 1 aromatic rings. The number of hydrogen-bond acceptors (Lipinski definition) is 4. The van der Waals surface area contributed by atoms with Crippen LogP contribution in [0.1, 0.15) is 19.3 Å². The fourth-order valence-corrected chi connectivity index (χ4v) is 1.59. The van der Waals surface area contributed by atoms with Crippen LogP contribution in [-0.4, -0.2) is 28.2 Å². The second-order valence-electron chi connectivity index (χ2n) is 3.26. The van der Waals surface area contributed by atoms with Crippen molar-refractivity contribution in [2.75, 3.05) is 18.0 Å². The van der Waals surface area contributed by atoms with Crippen LogP contribution in [0.5, 0.6) is 5.88 Å². The number of hydrogen-bond donors (Lipinski definition) is 1. The first-order chi connectivity index (χ1) is 6.36. The largest absolute Gasteiger partial charge is 0.493 e. The summed E-state index contributed by atoms with van der Waals surface area (Å²) < 4.78 is 0. The zero-order valence-corrected chi connectivity index (χ0v) is 7.48. The number of piperidine rings is 1. The molecule has 2 rings (SSSR count). The van der Waals surface area contributed by atoms with Gasteiger partial charge in [-0.25, -0.2) is 4.98 Å². The second-order valence-corrected chi connectivity index (χ2v) is 3.26. The van der Waals surface area contributed by atoms with E-state index in [1.807, 2.05) is 0 Å². The van der Waals surface area contributed by atoms with E-state index >= 15 is 0 Å². The highest BCUT2D eigenvalue weighted by Gasteiger charge is 2.12. The Morgan fingerprint density at radius 1 is 1.23 bits per heavy atom. The molecule has 70 valence electrons. The van der Waals surface area contributed by atoms with Crippen LogP contribution in [0, 0.1) is 0 Å². The maximum atomic E-state index is 9.17. The van der Waals surface area contributed by atoms with Gasteiger partial charge < -0.3 is 10.0 Å². The van der Waals surface area contributed by atoms with E-state index in [1.165, 1.54) is 25.3 Å². The minimum atomic E-state index is 0.0515. The van der Waals surface area contributed by atoms with Gasteiger partial charge in [0.15, 0.2) is 0 Å². The topological polar surface area (TPSA) is 49.3 Å². The molecule has 0 amide bonds. The van der Waals surface area contributed by atoms with Gasteiger partial charge in [0.05, 0.1) is 0 Å². The van der Waals surface area contributed by atoms with E-state index in [2.05, 4.69) is 14.9 Å². The molecule has 13 heavy (non-hydrogen) atoms. The third kappa shape index (κ3) is 1.88. The van der Waals surface area contributed by atoms with Crippen LogP contribution in [-0.2, 0) is 0 Å². The second kappa shape index (κ2) is 3.60. The molecular formula is C9H13N3O. The van der Waals surface area contributed by atoms with Gasteiger partial charge in [0.2, 0.25) is 11.8 Å². The van der Waals surface area contributed by atoms with Gasteiger partial charge >= 0.3 is 0 Å². The molecule has 1 aliphatic heterocycles. The minimum Gasteiger partial charge on any atom is -0.493 e. The van der Waals surface area contributed by atoms with E-state index in [-0.39, 0.29) is 5.88 Å². The Morgan fingerprint density at radius 3 is 2.69 bits per heavy atom. The van der Waals surface area contributed by atoms with Gasteiger partial charge in [-0.3, -0.25) is 0 Å². The van der Waals surface area contributed by atoms with Crippen molar-refractivity contribution in [2.24, 2.45) is 0 Å². The average molecular weight is 179 g/mol. The van der Waals surface area contributed by atoms with Crippen LogP contribution in [0.15, 0.2) is 12.3 Å². The smallest absolute Gasteiger partial charge is 0.228 e. The molecule has 0 spiro atoms. The maximum Gasteiger partial charge on any atom is 0.228 e. The summed E-state index contributed by atoms with van der Waals surface area (Å²) in [6, 6.07) is 1.49. The molecule has 1 aromatic heterocycles. The van der Waals surface area contributed by atoms with E-state index in [9.17, 15) is 0 Å². The fraction of sp³-hybridized carbons (Fsp3) is 0.556. The quantitative estimate of drug-likeness (QED) is 0.703. The summed E-state index contributed by atoms with van der Waals surface area (Å²) >= 11 is 0. The lowest BCUT2D eigenvalue weighted by Gasteiger charge is -2.26. The maximum absolute atomic E-state index is 9.17. The first kappa shape index (κ1) is 8.29. The van der Waals surface area contributed by atoms with Crippen molar-refractivity contribution in [1.29, 1.82) is 0 Å². The van der Waals surface area contributed by atoms with Crippen LogP contribution in [0.3, 0.4) is 0 Å². The molecular weight excluding hydrogens is 166 g/mol. The first-order valence-corrected chi connectivity index (χ1v) is 4.63. The SMILES string of the molecule is Oc1ccnc(N2CCCCC2)n1. The molecule has 0 radical (unpaired) electrons. The Kier molecular flexibility index (Phi) is 2.29. The molecule has 2 heterocycles. The van der Waals surface area contributed by atoms with Crippen LogP contribution in [0.2, 0.25) is 0 Å². The molecule has 0 bridgehead atoms. The molecule has 0 aliphatic carbocycles. The summed E-state index contributed by atoms with van der Waals surface area (Å²) in [4.78, 5) is 10.2. The molecule has 0 aromatic carbocycles. The molecule has 4 nitrogen and oxygen atoms in total. The van der Waals surface area contributed by atoms with Gasteiger partial charge in [0.1, 0.15) is 0 Å². The highest BCUT2D eigenvalue weighted by molar-refractivity contribution is 5.31. The Bertz CT molecular complexity index is 284. The molecule has 0 atom stereocenters. The highest BCUT2D eigenvalue weighted by Crippen LogP contribution is 2.16. The van der Waals surface area contributed by atoms with Crippen LogP contribution >= 0.6 is 0 Å². The number of rotatable bonds is 1. The van der Waals surface area contributed by atoms with Crippen molar-refractivity contribution in [3.63, 3.8) is 0 Å². The average Bonchev–Trinajstić information content (AvgIpc) is 2.19. The van der Waals surface area contributed by atoms with E-state index in [0.29, 0.717) is 5.95 Å². The third-order valence-corrected chi connectivity index (χ3v) is 2.27. The normalized spacial score (nSPS) is 17.4. The lowest BCUT2D eigenvalue weighted by atomic mass is 10.1. The molecule has 1 aliphatic rings. The van der Waals surface area contributed by atoms with Crippen molar-refractivity contribution in [1.82, 2.24) is 9.97 Å². The van der Waals surface area contributed by atoms with Gasteiger partial charge in [-0.05, 0) is 19.3 Å². The lowest BCUT2D eigenvalue weighted by Crippen LogP contribution is -2.30.